The Morgan fingerprint density at radius 3 is 2.17 bits per heavy atom. The van der Waals surface area contributed by atoms with Gasteiger partial charge >= 0.3 is 0 Å². The first-order valence-electron chi connectivity index (χ1n) is 9.32. The summed E-state index contributed by atoms with van der Waals surface area (Å²) in [7, 11) is -3.76. The molecule has 0 bridgehead atoms. The van der Waals surface area contributed by atoms with Gasteiger partial charge in [-0.15, -0.1) is 0 Å². The maximum Gasteiger partial charge on any atom is 0.208 e. The van der Waals surface area contributed by atoms with Gasteiger partial charge in [0.2, 0.25) is 9.84 Å². The van der Waals surface area contributed by atoms with E-state index < -0.39 is 9.84 Å². The maximum absolute atomic E-state index is 13.7. The molecule has 0 aliphatic heterocycles. The molecule has 1 aromatic heterocycles. The van der Waals surface area contributed by atoms with E-state index in [9.17, 15) is 8.42 Å². The number of benzene rings is 4. The number of aromatic nitrogens is 1. The summed E-state index contributed by atoms with van der Waals surface area (Å²) in [6.45, 7) is 0. The smallest absolute Gasteiger partial charge is 0.208 e. The fourth-order valence-electron chi connectivity index (χ4n) is 3.69. The molecule has 0 saturated carbocycles. The Labute approximate surface area is 169 Å². The average Bonchev–Trinajstić information content (AvgIpc) is 2.78. The van der Waals surface area contributed by atoms with Crippen molar-refractivity contribution in [2.75, 3.05) is 0 Å². The summed E-state index contributed by atoms with van der Waals surface area (Å²) in [6.07, 6.45) is 1.48. The zero-order chi connectivity index (χ0) is 19.8. The Kier molecular flexibility index (Phi) is 4.14. The molecule has 0 amide bonds. The van der Waals surface area contributed by atoms with E-state index in [1.165, 1.54) is 6.20 Å². The van der Waals surface area contributed by atoms with Crippen LogP contribution in [0.4, 0.5) is 0 Å². The zero-order valence-corrected chi connectivity index (χ0v) is 16.3. The molecule has 29 heavy (non-hydrogen) atoms. The first-order valence-corrected chi connectivity index (χ1v) is 10.8. The third-order valence-corrected chi connectivity index (χ3v) is 6.89. The molecule has 0 atom stereocenters. The van der Waals surface area contributed by atoms with Gasteiger partial charge in [0.25, 0.3) is 0 Å². The van der Waals surface area contributed by atoms with Gasteiger partial charge < -0.3 is 0 Å². The van der Waals surface area contributed by atoms with Gasteiger partial charge in [-0.05, 0) is 34.5 Å². The molecule has 0 radical (unpaired) electrons. The summed E-state index contributed by atoms with van der Waals surface area (Å²) < 4.78 is 27.4. The minimum atomic E-state index is -3.76. The lowest BCUT2D eigenvalue weighted by molar-refractivity contribution is 0.596. The molecule has 0 aliphatic rings. The Hall–Kier alpha value is -3.50. The Morgan fingerprint density at radius 2 is 1.34 bits per heavy atom. The van der Waals surface area contributed by atoms with Crippen LogP contribution in [0.1, 0.15) is 0 Å². The minimum absolute atomic E-state index is 0.220. The van der Waals surface area contributed by atoms with Gasteiger partial charge in [-0.1, -0.05) is 78.9 Å². The Balaban J connectivity index is 1.81. The largest absolute Gasteiger partial charge is 0.255 e. The van der Waals surface area contributed by atoms with Crippen molar-refractivity contribution in [3.05, 3.63) is 103 Å². The number of pyridine rings is 1. The molecular weight excluding hydrogens is 378 g/mol. The molecule has 5 rings (SSSR count). The predicted octanol–water partition coefficient (Wildman–Crippen LogP) is 5.89. The van der Waals surface area contributed by atoms with E-state index in [1.54, 1.807) is 12.1 Å². The second-order valence-electron chi connectivity index (χ2n) is 6.89. The van der Waals surface area contributed by atoms with Crippen LogP contribution in [0.5, 0.6) is 0 Å². The van der Waals surface area contributed by atoms with Crippen LogP contribution < -0.4 is 0 Å². The molecule has 0 N–H and O–H groups in total. The molecule has 4 heteroatoms. The minimum Gasteiger partial charge on any atom is -0.255 e. The topological polar surface area (TPSA) is 47.0 Å². The van der Waals surface area contributed by atoms with Gasteiger partial charge in [0.1, 0.15) is 0 Å². The summed E-state index contributed by atoms with van der Waals surface area (Å²) >= 11 is 0. The SMILES string of the molecule is O=S(=O)(c1ccc2ccccc2c1)c1cnc2ccccc2c1-c1ccccc1. The van der Waals surface area contributed by atoms with Gasteiger partial charge in [0.15, 0.2) is 0 Å². The van der Waals surface area contributed by atoms with Crippen molar-refractivity contribution in [2.24, 2.45) is 0 Å². The van der Waals surface area contributed by atoms with Crippen molar-refractivity contribution >= 4 is 31.5 Å². The van der Waals surface area contributed by atoms with Crippen LogP contribution in [0.15, 0.2) is 113 Å². The van der Waals surface area contributed by atoms with Gasteiger partial charge in [-0.3, -0.25) is 4.98 Å². The number of hydrogen-bond acceptors (Lipinski definition) is 3. The monoisotopic (exact) mass is 395 g/mol. The highest BCUT2D eigenvalue weighted by Gasteiger charge is 2.24. The molecule has 5 aromatic rings. The third-order valence-electron chi connectivity index (χ3n) is 5.12. The van der Waals surface area contributed by atoms with E-state index in [2.05, 4.69) is 4.98 Å². The quantitative estimate of drug-likeness (QED) is 0.383. The van der Waals surface area contributed by atoms with Crippen molar-refractivity contribution in [3.8, 4) is 11.1 Å². The van der Waals surface area contributed by atoms with Crippen LogP contribution in [0.2, 0.25) is 0 Å². The van der Waals surface area contributed by atoms with E-state index >= 15 is 0 Å². The zero-order valence-electron chi connectivity index (χ0n) is 15.5. The molecule has 3 nitrogen and oxygen atoms in total. The number of rotatable bonds is 3. The van der Waals surface area contributed by atoms with Crippen molar-refractivity contribution in [1.29, 1.82) is 0 Å². The second-order valence-corrected chi connectivity index (χ2v) is 8.81. The number of fused-ring (bicyclic) bond motifs is 2. The van der Waals surface area contributed by atoms with E-state index in [-0.39, 0.29) is 9.79 Å². The van der Waals surface area contributed by atoms with Gasteiger partial charge in [-0.25, -0.2) is 8.42 Å². The van der Waals surface area contributed by atoms with Crippen molar-refractivity contribution < 1.29 is 8.42 Å². The molecule has 0 saturated heterocycles. The van der Waals surface area contributed by atoms with E-state index in [0.717, 1.165) is 27.2 Å². The van der Waals surface area contributed by atoms with Crippen LogP contribution in [0, 0.1) is 0 Å². The van der Waals surface area contributed by atoms with Gasteiger partial charge in [0.05, 0.1) is 15.3 Å². The van der Waals surface area contributed by atoms with Crippen LogP contribution in [0.25, 0.3) is 32.8 Å². The number of para-hydroxylation sites is 1. The molecule has 140 valence electrons. The van der Waals surface area contributed by atoms with Gasteiger partial charge in [0, 0.05) is 17.1 Å². The number of hydrogen-bond donors (Lipinski definition) is 0. The fraction of sp³-hybridized carbons (Fsp3) is 0. The lowest BCUT2D eigenvalue weighted by Gasteiger charge is -2.14. The van der Waals surface area contributed by atoms with Crippen molar-refractivity contribution in [1.82, 2.24) is 4.98 Å². The Morgan fingerprint density at radius 1 is 0.655 bits per heavy atom. The van der Waals surface area contributed by atoms with E-state index in [4.69, 9.17) is 0 Å². The normalized spacial score (nSPS) is 11.7. The van der Waals surface area contributed by atoms with E-state index in [1.807, 2.05) is 84.9 Å². The molecular formula is C25H17NO2S. The lowest BCUT2D eigenvalue weighted by atomic mass is 10.0. The second kappa shape index (κ2) is 6.83. The lowest BCUT2D eigenvalue weighted by Crippen LogP contribution is -2.05. The fourth-order valence-corrected chi connectivity index (χ4v) is 5.16. The first-order chi connectivity index (χ1) is 14.1. The summed E-state index contributed by atoms with van der Waals surface area (Å²) in [5.41, 5.74) is 2.30. The Bertz CT molecular complexity index is 1460. The van der Waals surface area contributed by atoms with E-state index in [0.29, 0.717) is 5.56 Å². The molecule has 0 unspecified atom stereocenters. The highest BCUT2D eigenvalue weighted by atomic mass is 32.2. The average molecular weight is 395 g/mol. The van der Waals surface area contributed by atoms with Crippen LogP contribution >= 0.6 is 0 Å². The summed E-state index contributed by atoms with van der Waals surface area (Å²) in [6, 6.07) is 30.2. The molecule has 0 spiro atoms. The van der Waals surface area contributed by atoms with Gasteiger partial charge in [-0.2, -0.15) is 0 Å². The number of nitrogens with zero attached hydrogens (tertiary/aromatic N) is 1. The summed E-state index contributed by atoms with van der Waals surface area (Å²) in [4.78, 5) is 4.93. The highest BCUT2D eigenvalue weighted by Crippen LogP contribution is 2.36. The van der Waals surface area contributed by atoms with Crippen LogP contribution in [-0.2, 0) is 9.84 Å². The molecule has 0 fully saturated rings. The maximum atomic E-state index is 13.7. The third kappa shape index (κ3) is 2.98. The summed E-state index contributed by atoms with van der Waals surface area (Å²) in [5, 5.41) is 2.72. The molecule has 4 aromatic carbocycles. The molecule has 0 aliphatic carbocycles. The van der Waals surface area contributed by atoms with Crippen LogP contribution in [-0.4, -0.2) is 13.4 Å². The van der Waals surface area contributed by atoms with Crippen molar-refractivity contribution in [3.63, 3.8) is 0 Å². The molecule has 1 heterocycles. The highest BCUT2D eigenvalue weighted by molar-refractivity contribution is 7.91. The van der Waals surface area contributed by atoms with Crippen molar-refractivity contribution in [2.45, 2.75) is 9.79 Å². The number of sulfone groups is 1. The summed E-state index contributed by atoms with van der Waals surface area (Å²) in [5.74, 6) is 0. The predicted molar refractivity (Wildman–Crippen MR) is 117 cm³/mol. The first kappa shape index (κ1) is 17.6. The standard InChI is InChI=1S/C25H17NO2S/c27-29(28,21-15-14-18-8-4-5-11-20(18)16-21)24-17-26-23-13-7-6-12-22(23)25(24)19-9-2-1-3-10-19/h1-17H. The van der Waals surface area contributed by atoms with Crippen LogP contribution in [0.3, 0.4) is 0 Å².